The summed E-state index contributed by atoms with van der Waals surface area (Å²) < 4.78 is 35.1. The lowest BCUT2D eigenvalue weighted by atomic mass is 10.1. The van der Waals surface area contributed by atoms with Crippen LogP contribution in [-0.4, -0.2) is 58.1 Å². The van der Waals surface area contributed by atoms with Crippen molar-refractivity contribution < 1.29 is 22.4 Å². The van der Waals surface area contributed by atoms with Gasteiger partial charge in [0.15, 0.2) is 0 Å². The molecule has 0 radical (unpaired) electrons. The third-order valence-corrected chi connectivity index (χ3v) is 8.45. The fourth-order valence-electron chi connectivity index (χ4n) is 4.53. The molecule has 8 heteroatoms. The average molecular weight is 533 g/mol. The number of ether oxygens (including phenoxy) is 1. The third kappa shape index (κ3) is 9.76. The molecule has 0 saturated carbocycles. The molecule has 206 valence electrons. The molecular formula is C29H46N3O4S+. The number of likely N-dealkylation sites (N-methyl/N-ethyl adjacent to an activating group) is 1. The van der Waals surface area contributed by atoms with Crippen LogP contribution in [0.25, 0.3) is 0 Å². The molecule has 2 rings (SSSR count). The maximum absolute atomic E-state index is 12.9. The molecule has 0 atom stereocenters. The molecule has 0 aliphatic heterocycles. The molecular weight excluding hydrogens is 486 g/mol. The van der Waals surface area contributed by atoms with Crippen molar-refractivity contribution in [2.45, 2.75) is 71.1 Å². The van der Waals surface area contributed by atoms with Gasteiger partial charge in [-0.15, -0.1) is 0 Å². The highest BCUT2D eigenvalue weighted by molar-refractivity contribution is 7.89. The van der Waals surface area contributed by atoms with Gasteiger partial charge < -0.3 is 14.5 Å². The van der Waals surface area contributed by atoms with Gasteiger partial charge in [-0.25, -0.2) is 13.1 Å². The van der Waals surface area contributed by atoms with Crippen LogP contribution in [-0.2, 0) is 10.0 Å². The number of anilines is 1. The second kappa shape index (κ2) is 15.7. The Labute approximate surface area is 224 Å². The van der Waals surface area contributed by atoms with Crippen LogP contribution in [0.15, 0.2) is 53.4 Å². The van der Waals surface area contributed by atoms with E-state index in [0.717, 1.165) is 49.9 Å². The van der Waals surface area contributed by atoms with E-state index in [0.29, 0.717) is 30.2 Å². The summed E-state index contributed by atoms with van der Waals surface area (Å²) in [4.78, 5) is 13.1. The topological polar surface area (TPSA) is 84.5 Å². The van der Waals surface area contributed by atoms with Crippen LogP contribution < -0.4 is 14.8 Å². The van der Waals surface area contributed by atoms with Crippen LogP contribution >= 0.6 is 0 Å². The van der Waals surface area contributed by atoms with Crippen molar-refractivity contribution in [1.29, 1.82) is 0 Å². The highest BCUT2D eigenvalue weighted by Crippen LogP contribution is 2.21. The zero-order valence-electron chi connectivity index (χ0n) is 23.1. The summed E-state index contributed by atoms with van der Waals surface area (Å²) in [5.74, 6) is 0.259. The number of nitrogens with one attached hydrogen (secondary N) is 2. The fourth-order valence-corrected chi connectivity index (χ4v) is 5.55. The molecule has 0 bridgehead atoms. The lowest BCUT2D eigenvalue weighted by Crippen LogP contribution is -2.52. The average Bonchev–Trinajstić information content (AvgIpc) is 2.90. The number of unbranched alkanes of at least 4 members (excludes halogenated alkanes) is 4. The monoisotopic (exact) mass is 532 g/mol. The standard InChI is InChI=1S/C29H45N3O4S/c1-5-9-10-11-14-24-36-28-16-13-12-15-27(28)29(33)31-25-17-19-26(20-18-25)37(34,35)30-21-23-32(7-3,8-4)22-6-2/h12-13,15-20,30H,5-11,14,21-24H2,1-4H3/p+1. The maximum Gasteiger partial charge on any atom is 0.259 e. The minimum atomic E-state index is -3.63. The van der Waals surface area contributed by atoms with Crippen LogP contribution in [0.3, 0.4) is 0 Å². The zero-order chi connectivity index (χ0) is 27.2. The van der Waals surface area contributed by atoms with E-state index in [2.05, 4.69) is 37.7 Å². The Bertz CT molecular complexity index is 1050. The van der Waals surface area contributed by atoms with E-state index in [1.54, 1.807) is 30.3 Å². The minimum Gasteiger partial charge on any atom is -0.493 e. The van der Waals surface area contributed by atoms with Crippen LogP contribution in [0, 0.1) is 0 Å². The molecule has 0 aliphatic carbocycles. The first kappa shape index (κ1) is 30.8. The van der Waals surface area contributed by atoms with Gasteiger partial charge in [-0.3, -0.25) is 4.79 Å². The first-order valence-corrected chi connectivity index (χ1v) is 15.3. The molecule has 0 aliphatic rings. The lowest BCUT2D eigenvalue weighted by molar-refractivity contribution is -0.923. The number of para-hydroxylation sites is 1. The van der Waals surface area contributed by atoms with Crippen molar-refractivity contribution in [2.75, 3.05) is 44.6 Å². The molecule has 1 amide bonds. The van der Waals surface area contributed by atoms with E-state index in [4.69, 9.17) is 4.74 Å². The van der Waals surface area contributed by atoms with Gasteiger partial charge >= 0.3 is 0 Å². The summed E-state index contributed by atoms with van der Waals surface area (Å²) in [6, 6.07) is 13.4. The zero-order valence-corrected chi connectivity index (χ0v) is 23.9. The summed E-state index contributed by atoms with van der Waals surface area (Å²) in [7, 11) is -3.63. The third-order valence-electron chi connectivity index (χ3n) is 6.98. The summed E-state index contributed by atoms with van der Waals surface area (Å²) in [5.41, 5.74) is 0.976. The number of benzene rings is 2. The molecule has 0 heterocycles. The number of nitrogens with zero attached hydrogens (tertiary/aromatic N) is 1. The number of amides is 1. The molecule has 0 unspecified atom stereocenters. The molecule has 2 aromatic rings. The lowest BCUT2D eigenvalue weighted by Gasteiger charge is -2.36. The van der Waals surface area contributed by atoms with Gasteiger partial charge in [0.1, 0.15) is 5.75 Å². The Morgan fingerprint density at radius 3 is 2.16 bits per heavy atom. The summed E-state index contributed by atoms with van der Waals surface area (Å²) in [6.45, 7) is 13.4. The molecule has 0 spiro atoms. The second-order valence-corrected chi connectivity index (χ2v) is 11.3. The number of sulfonamides is 1. The number of hydrogen-bond donors (Lipinski definition) is 2. The normalized spacial score (nSPS) is 11.9. The van der Waals surface area contributed by atoms with Gasteiger partial charge in [0.2, 0.25) is 10.0 Å². The predicted octanol–water partition coefficient (Wildman–Crippen LogP) is 5.83. The van der Waals surface area contributed by atoms with Gasteiger partial charge in [0.05, 0.1) is 49.8 Å². The van der Waals surface area contributed by atoms with Crippen LogP contribution in [0.1, 0.15) is 76.6 Å². The first-order chi connectivity index (χ1) is 17.8. The van der Waals surface area contributed by atoms with E-state index in [9.17, 15) is 13.2 Å². The molecule has 0 fully saturated rings. The van der Waals surface area contributed by atoms with Crippen molar-refractivity contribution in [2.24, 2.45) is 0 Å². The number of carbonyl (C=O) groups excluding carboxylic acids is 1. The first-order valence-electron chi connectivity index (χ1n) is 13.8. The van der Waals surface area contributed by atoms with E-state index in [1.807, 2.05) is 6.07 Å². The molecule has 7 nitrogen and oxygen atoms in total. The molecule has 2 N–H and O–H groups in total. The second-order valence-electron chi connectivity index (χ2n) is 9.56. The molecule has 2 aromatic carbocycles. The largest absolute Gasteiger partial charge is 0.493 e. The number of hydrogen-bond acceptors (Lipinski definition) is 4. The minimum absolute atomic E-state index is 0.180. The van der Waals surface area contributed by atoms with Crippen molar-refractivity contribution >= 4 is 21.6 Å². The SMILES string of the molecule is CCCCCCCOc1ccccc1C(=O)Nc1ccc(S(=O)(=O)NCC[N+](CC)(CC)CCC)cc1. The number of carbonyl (C=O) groups is 1. The van der Waals surface area contributed by atoms with Crippen molar-refractivity contribution in [1.82, 2.24) is 4.72 Å². The van der Waals surface area contributed by atoms with Gasteiger partial charge in [0, 0.05) is 5.69 Å². The quantitative estimate of drug-likeness (QED) is 0.187. The van der Waals surface area contributed by atoms with E-state index < -0.39 is 10.0 Å². The van der Waals surface area contributed by atoms with E-state index in [1.165, 1.54) is 31.4 Å². The van der Waals surface area contributed by atoms with E-state index >= 15 is 0 Å². The van der Waals surface area contributed by atoms with Crippen LogP contribution in [0.4, 0.5) is 5.69 Å². The smallest absolute Gasteiger partial charge is 0.259 e. The number of quaternary nitrogens is 1. The maximum atomic E-state index is 12.9. The summed E-state index contributed by atoms with van der Waals surface area (Å²) in [5, 5.41) is 2.85. The number of rotatable bonds is 18. The Morgan fingerprint density at radius 1 is 0.838 bits per heavy atom. The highest BCUT2D eigenvalue weighted by Gasteiger charge is 2.23. The van der Waals surface area contributed by atoms with Crippen molar-refractivity contribution in [3.8, 4) is 5.75 Å². The Morgan fingerprint density at radius 2 is 1.51 bits per heavy atom. The van der Waals surface area contributed by atoms with Gasteiger partial charge in [-0.05, 0) is 63.1 Å². The van der Waals surface area contributed by atoms with Gasteiger partial charge in [-0.1, -0.05) is 51.7 Å². The van der Waals surface area contributed by atoms with Crippen LogP contribution in [0.2, 0.25) is 0 Å². The fraction of sp³-hybridized carbons (Fsp3) is 0.552. The molecule has 37 heavy (non-hydrogen) atoms. The highest BCUT2D eigenvalue weighted by atomic mass is 32.2. The Balaban J connectivity index is 1.95. The predicted molar refractivity (Wildman–Crippen MR) is 152 cm³/mol. The van der Waals surface area contributed by atoms with Crippen LogP contribution in [0.5, 0.6) is 5.75 Å². The Hall–Kier alpha value is -2.42. The molecule has 0 saturated heterocycles. The van der Waals surface area contributed by atoms with E-state index in [-0.39, 0.29) is 10.8 Å². The van der Waals surface area contributed by atoms with Gasteiger partial charge in [-0.2, -0.15) is 0 Å². The van der Waals surface area contributed by atoms with Crippen molar-refractivity contribution in [3.63, 3.8) is 0 Å². The van der Waals surface area contributed by atoms with Crippen molar-refractivity contribution in [3.05, 3.63) is 54.1 Å². The van der Waals surface area contributed by atoms with Gasteiger partial charge in [0.25, 0.3) is 5.91 Å². The summed E-state index contributed by atoms with van der Waals surface area (Å²) >= 11 is 0. The summed E-state index contributed by atoms with van der Waals surface area (Å²) in [6.07, 6.45) is 6.75. The molecule has 0 aromatic heterocycles. The Kier molecular flexibility index (Phi) is 13.1.